The summed E-state index contributed by atoms with van der Waals surface area (Å²) in [5.74, 6) is -1.19. The van der Waals surface area contributed by atoms with E-state index in [1.807, 2.05) is 43.3 Å². The summed E-state index contributed by atoms with van der Waals surface area (Å²) in [7, 11) is 0. The molecule has 0 fully saturated rings. The van der Waals surface area contributed by atoms with Gasteiger partial charge in [0.25, 0.3) is 11.8 Å². The number of pyridine rings is 1. The predicted octanol–water partition coefficient (Wildman–Crippen LogP) is 5.26. The fraction of sp³-hybridized carbons (Fsp3) is 0.182. The van der Waals surface area contributed by atoms with Crippen molar-refractivity contribution < 1.29 is 23.9 Å². The van der Waals surface area contributed by atoms with Crippen molar-refractivity contribution in [2.24, 2.45) is 0 Å². The zero-order valence-corrected chi connectivity index (χ0v) is 23.4. The summed E-state index contributed by atoms with van der Waals surface area (Å²) < 4.78 is 5.04. The monoisotopic (exact) mass is 562 g/mol. The first-order valence-corrected chi connectivity index (χ1v) is 13.7. The maximum absolute atomic E-state index is 13.6. The molecule has 3 aromatic carbocycles. The smallest absolute Gasteiger partial charge is 0.326 e. The molecule has 4 aromatic rings. The molecular formula is C33H30N4O5. The number of carbonyl (C=O) groups excluding carboxylic acids is 4. The Balaban J connectivity index is 1.34. The van der Waals surface area contributed by atoms with Crippen LogP contribution in [-0.4, -0.2) is 48.4 Å². The number of aromatic nitrogens is 1. The Morgan fingerprint density at radius 2 is 1.62 bits per heavy atom. The summed E-state index contributed by atoms with van der Waals surface area (Å²) in [4.78, 5) is 59.1. The van der Waals surface area contributed by atoms with E-state index in [4.69, 9.17) is 4.74 Å². The largest absolute Gasteiger partial charge is 0.465 e. The van der Waals surface area contributed by atoms with Gasteiger partial charge in [-0.3, -0.25) is 24.1 Å². The topological polar surface area (TPSA) is 109 Å². The van der Waals surface area contributed by atoms with Gasteiger partial charge < -0.3 is 15.0 Å². The van der Waals surface area contributed by atoms with Gasteiger partial charge in [-0.05, 0) is 55.3 Å². The fourth-order valence-corrected chi connectivity index (χ4v) is 4.84. The molecule has 1 aliphatic rings. The number of amides is 3. The number of anilines is 3. The molecule has 1 aromatic heterocycles. The number of benzene rings is 3. The van der Waals surface area contributed by atoms with Gasteiger partial charge in [0.15, 0.2) is 0 Å². The van der Waals surface area contributed by atoms with Crippen LogP contribution in [-0.2, 0) is 14.3 Å². The highest BCUT2D eigenvalue weighted by molar-refractivity contribution is 6.12. The van der Waals surface area contributed by atoms with Crippen LogP contribution < -0.4 is 15.1 Å². The van der Waals surface area contributed by atoms with Crippen molar-refractivity contribution >= 4 is 40.9 Å². The number of aryl methyl sites for hydroxylation is 1. The van der Waals surface area contributed by atoms with Crippen LogP contribution in [0.2, 0.25) is 0 Å². The Morgan fingerprint density at radius 1 is 0.905 bits per heavy atom. The van der Waals surface area contributed by atoms with Gasteiger partial charge in [-0.2, -0.15) is 0 Å². The van der Waals surface area contributed by atoms with Crippen molar-refractivity contribution in [2.45, 2.75) is 20.3 Å². The lowest BCUT2D eigenvalue weighted by Gasteiger charge is -2.25. The number of para-hydroxylation sites is 2. The maximum Gasteiger partial charge on any atom is 0.326 e. The second-order valence-electron chi connectivity index (χ2n) is 9.78. The second kappa shape index (κ2) is 12.5. The van der Waals surface area contributed by atoms with Gasteiger partial charge in [0.05, 0.1) is 23.5 Å². The zero-order chi connectivity index (χ0) is 29.6. The Hall–Kier alpha value is -5.31. The van der Waals surface area contributed by atoms with Crippen LogP contribution in [0.3, 0.4) is 0 Å². The molecule has 0 spiro atoms. The molecule has 212 valence electrons. The van der Waals surface area contributed by atoms with Crippen LogP contribution in [0.1, 0.15) is 39.6 Å². The number of ether oxygens (including phenoxy) is 1. The van der Waals surface area contributed by atoms with Crippen molar-refractivity contribution in [3.63, 3.8) is 0 Å². The fourth-order valence-electron chi connectivity index (χ4n) is 4.84. The third-order valence-electron chi connectivity index (χ3n) is 6.94. The normalized spacial score (nSPS) is 12.8. The number of hydrogen-bond acceptors (Lipinski definition) is 6. The molecular weight excluding hydrogens is 532 g/mol. The minimum absolute atomic E-state index is 0.0295. The van der Waals surface area contributed by atoms with E-state index in [2.05, 4.69) is 10.3 Å². The van der Waals surface area contributed by atoms with Gasteiger partial charge in [-0.25, -0.2) is 4.98 Å². The molecule has 5 rings (SSSR count). The molecule has 3 amide bonds. The summed E-state index contributed by atoms with van der Waals surface area (Å²) in [5.41, 5.74) is 4.60. The molecule has 0 radical (unpaired) electrons. The Bertz CT molecular complexity index is 1630. The standard InChI is InChI=1S/C33H30N4O5/c1-3-42-31(39)21-37-28-11-7-6-10-27(28)36(19-18-30(37)38)33(41)24-16-17-29(34-20-24)35-32(40)26-9-5-4-8-25(26)23-14-12-22(2)13-15-23/h4-17,20H,3,18-19,21H2,1-2H3,(H,34,35,40). The quantitative estimate of drug-likeness (QED) is 0.308. The van der Waals surface area contributed by atoms with Gasteiger partial charge in [0, 0.05) is 24.7 Å². The van der Waals surface area contributed by atoms with Crippen LogP contribution in [0.25, 0.3) is 11.1 Å². The molecule has 0 atom stereocenters. The summed E-state index contributed by atoms with van der Waals surface area (Å²) in [6, 6.07) is 25.4. The van der Waals surface area contributed by atoms with E-state index in [-0.39, 0.29) is 49.4 Å². The summed E-state index contributed by atoms with van der Waals surface area (Å²) in [6.45, 7) is 3.80. The van der Waals surface area contributed by atoms with Crippen LogP contribution >= 0.6 is 0 Å². The van der Waals surface area contributed by atoms with Gasteiger partial charge in [0.2, 0.25) is 5.91 Å². The first-order chi connectivity index (χ1) is 20.4. The van der Waals surface area contributed by atoms with Crippen molar-refractivity contribution in [3.05, 3.63) is 108 Å². The Labute approximate surface area is 243 Å². The summed E-state index contributed by atoms with van der Waals surface area (Å²) in [6.07, 6.45) is 1.43. The van der Waals surface area contributed by atoms with Crippen LogP contribution in [0.5, 0.6) is 0 Å². The van der Waals surface area contributed by atoms with Crippen LogP contribution in [0, 0.1) is 6.92 Å². The van der Waals surface area contributed by atoms with Crippen molar-refractivity contribution in [1.82, 2.24) is 4.98 Å². The van der Waals surface area contributed by atoms with E-state index in [9.17, 15) is 19.2 Å². The van der Waals surface area contributed by atoms with Crippen molar-refractivity contribution in [1.29, 1.82) is 0 Å². The van der Waals surface area contributed by atoms with Gasteiger partial charge in [0.1, 0.15) is 12.4 Å². The van der Waals surface area contributed by atoms with E-state index in [0.29, 0.717) is 22.8 Å². The summed E-state index contributed by atoms with van der Waals surface area (Å²) in [5, 5.41) is 2.82. The molecule has 9 nitrogen and oxygen atoms in total. The lowest BCUT2D eigenvalue weighted by Crippen LogP contribution is -2.36. The molecule has 0 saturated heterocycles. The minimum Gasteiger partial charge on any atom is -0.465 e. The maximum atomic E-state index is 13.6. The average Bonchev–Trinajstić information content (AvgIpc) is 3.14. The van der Waals surface area contributed by atoms with E-state index < -0.39 is 5.97 Å². The van der Waals surface area contributed by atoms with Crippen molar-refractivity contribution in [3.8, 4) is 11.1 Å². The Morgan fingerprint density at radius 3 is 2.33 bits per heavy atom. The lowest BCUT2D eigenvalue weighted by molar-refractivity contribution is -0.142. The third-order valence-corrected chi connectivity index (χ3v) is 6.94. The van der Waals surface area contributed by atoms with E-state index in [0.717, 1.165) is 16.7 Å². The number of rotatable bonds is 7. The number of hydrogen-bond donors (Lipinski definition) is 1. The van der Waals surface area contributed by atoms with E-state index in [1.54, 1.807) is 55.5 Å². The molecule has 1 N–H and O–H groups in total. The zero-order valence-electron chi connectivity index (χ0n) is 23.4. The number of nitrogens with zero attached hydrogens (tertiary/aromatic N) is 3. The second-order valence-corrected chi connectivity index (χ2v) is 9.78. The van der Waals surface area contributed by atoms with Crippen molar-refractivity contribution in [2.75, 3.05) is 34.8 Å². The highest BCUT2D eigenvalue weighted by atomic mass is 16.5. The summed E-state index contributed by atoms with van der Waals surface area (Å²) >= 11 is 0. The lowest BCUT2D eigenvalue weighted by atomic mass is 9.98. The molecule has 1 aliphatic heterocycles. The number of nitrogens with one attached hydrogen (secondary N) is 1. The predicted molar refractivity (Wildman–Crippen MR) is 161 cm³/mol. The number of fused-ring (bicyclic) bond motifs is 1. The Kier molecular flexibility index (Phi) is 8.38. The number of esters is 1. The average molecular weight is 563 g/mol. The van der Waals surface area contributed by atoms with Gasteiger partial charge in [-0.15, -0.1) is 0 Å². The first-order valence-electron chi connectivity index (χ1n) is 13.7. The highest BCUT2D eigenvalue weighted by Crippen LogP contribution is 2.33. The first kappa shape index (κ1) is 28.2. The molecule has 42 heavy (non-hydrogen) atoms. The minimum atomic E-state index is -0.524. The van der Waals surface area contributed by atoms with Gasteiger partial charge in [-0.1, -0.05) is 60.2 Å². The SMILES string of the molecule is CCOC(=O)CN1C(=O)CCN(C(=O)c2ccc(NC(=O)c3ccccc3-c3ccc(C)cc3)nc2)c2ccccc21. The molecule has 2 heterocycles. The molecule has 9 heteroatoms. The molecule has 0 unspecified atom stereocenters. The molecule has 0 bridgehead atoms. The van der Waals surface area contributed by atoms with Crippen LogP contribution in [0.15, 0.2) is 91.1 Å². The van der Waals surface area contributed by atoms with E-state index in [1.165, 1.54) is 16.0 Å². The third kappa shape index (κ3) is 6.05. The van der Waals surface area contributed by atoms with Crippen LogP contribution in [0.4, 0.5) is 17.2 Å². The highest BCUT2D eigenvalue weighted by Gasteiger charge is 2.31. The van der Waals surface area contributed by atoms with Gasteiger partial charge >= 0.3 is 5.97 Å². The van der Waals surface area contributed by atoms with E-state index >= 15 is 0 Å². The number of carbonyl (C=O) groups is 4. The molecule has 0 aliphatic carbocycles. The molecule has 0 saturated carbocycles.